The number of fused-ring (bicyclic) bond motifs is 1. The van der Waals surface area contributed by atoms with Crippen LogP contribution in [0.25, 0.3) is 22.2 Å². The van der Waals surface area contributed by atoms with E-state index in [1.807, 2.05) is 30.3 Å². The Labute approximate surface area is 164 Å². The monoisotopic (exact) mass is 391 g/mol. The van der Waals surface area contributed by atoms with Crippen molar-refractivity contribution >= 4 is 34.3 Å². The molecule has 138 valence electrons. The van der Waals surface area contributed by atoms with Gasteiger partial charge in [-0.1, -0.05) is 41.9 Å². The zero-order valence-corrected chi connectivity index (χ0v) is 15.2. The Balaban J connectivity index is 1.43. The van der Waals surface area contributed by atoms with Crippen LogP contribution in [0.2, 0.25) is 5.15 Å². The average molecular weight is 392 g/mol. The van der Waals surface area contributed by atoms with Crippen LogP contribution in [0, 0.1) is 0 Å². The van der Waals surface area contributed by atoms with Gasteiger partial charge in [0, 0.05) is 16.5 Å². The number of rotatable bonds is 3. The van der Waals surface area contributed by atoms with E-state index >= 15 is 0 Å². The van der Waals surface area contributed by atoms with Crippen LogP contribution < -0.4 is 10.9 Å². The number of nitrogens with one attached hydrogen (secondary N) is 3. The summed E-state index contributed by atoms with van der Waals surface area (Å²) in [6.07, 6.45) is 0. The Bertz CT molecular complexity index is 1170. The number of halogens is 1. The molecule has 4 aromatic rings. The van der Waals surface area contributed by atoms with Gasteiger partial charge in [-0.15, -0.1) is 0 Å². The lowest BCUT2D eigenvalue weighted by molar-refractivity contribution is 0.0844. The molecule has 0 atom stereocenters. The standard InChI is InChI=1S/C20H14ClN5O2/c21-18-9-7-13-10-14(6-8-15(13)22-18)19(27)25-26-20(28)17-11-16(23-24-17)12-4-2-1-3-5-12/h1-11H,(H,23,24)(H,25,27)(H,26,28). The van der Waals surface area contributed by atoms with Gasteiger partial charge in [-0.25, -0.2) is 4.98 Å². The van der Waals surface area contributed by atoms with E-state index in [0.717, 1.165) is 10.9 Å². The molecule has 0 spiro atoms. The van der Waals surface area contributed by atoms with Crippen molar-refractivity contribution in [1.29, 1.82) is 0 Å². The zero-order valence-electron chi connectivity index (χ0n) is 14.4. The van der Waals surface area contributed by atoms with Crippen molar-refractivity contribution in [1.82, 2.24) is 26.0 Å². The van der Waals surface area contributed by atoms with Gasteiger partial charge in [-0.2, -0.15) is 5.10 Å². The number of pyridine rings is 1. The molecule has 2 aromatic carbocycles. The third-order valence-electron chi connectivity index (χ3n) is 4.10. The molecular weight excluding hydrogens is 378 g/mol. The van der Waals surface area contributed by atoms with Gasteiger partial charge in [-0.3, -0.25) is 25.5 Å². The molecule has 0 fully saturated rings. The van der Waals surface area contributed by atoms with Crippen LogP contribution in [0.1, 0.15) is 20.8 Å². The third-order valence-corrected chi connectivity index (χ3v) is 4.31. The molecule has 0 aliphatic rings. The summed E-state index contributed by atoms with van der Waals surface area (Å²) >= 11 is 5.86. The number of carbonyl (C=O) groups is 2. The van der Waals surface area contributed by atoms with E-state index in [9.17, 15) is 9.59 Å². The second-order valence-electron chi connectivity index (χ2n) is 5.98. The molecule has 0 saturated heterocycles. The van der Waals surface area contributed by atoms with Crippen LogP contribution in [0.3, 0.4) is 0 Å². The summed E-state index contributed by atoms with van der Waals surface area (Å²) in [6.45, 7) is 0. The maximum Gasteiger partial charge on any atom is 0.287 e. The topological polar surface area (TPSA) is 99.8 Å². The predicted molar refractivity (Wildman–Crippen MR) is 106 cm³/mol. The Kier molecular flexibility index (Phi) is 4.74. The van der Waals surface area contributed by atoms with E-state index < -0.39 is 11.8 Å². The minimum absolute atomic E-state index is 0.233. The summed E-state index contributed by atoms with van der Waals surface area (Å²) < 4.78 is 0. The van der Waals surface area contributed by atoms with E-state index in [2.05, 4.69) is 26.0 Å². The maximum atomic E-state index is 12.3. The first kappa shape index (κ1) is 17.7. The van der Waals surface area contributed by atoms with Gasteiger partial charge < -0.3 is 0 Å². The minimum Gasteiger partial charge on any atom is -0.272 e. The number of benzene rings is 2. The van der Waals surface area contributed by atoms with Crippen molar-refractivity contribution < 1.29 is 9.59 Å². The molecule has 8 heteroatoms. The summed E-state index contributed by atoms with van der Waals surface area (Å²) in [6, 6.07) is 19.5. The quantitative estimate of drug-likeness (QED) is 0.368. The van der Waals surface area contributed by atoms with E-state index in [4.69, 9.17) is 11.6 Å². The molecule has 0 aliphatic heterocycles. The highest BCUT2D eigenvalue weighted by Crippen LogP contribution is 2.18. The molecule has 2 amide bonds. The number of aromatic amines is 1. The first-order valence-corrected chi connectivity index (χ1v) is 8.76. The number of nitrogens with zero attached hydrogens (tertiary/aromatic N) is 2. The molecule has 2 heterocycles. The highest BCUT2D eigenvalue weighted by molar-refractivity contribution is 6.29. The lowest BCUT2D eigenvalue weighted by Gasteiger charge is -2.07. The summed E-state index contributed by atoms with van der Waals surface area (Å²) in [5.41, 5.74) is 7.57. The molecular formula is C20H14ClN5O2. The molecule has 0 bridgehead atoms. The maximum absolute atomic E-state index is 12.3. The van der Waals surface area contributed by atoms with Gasteiger partial charge in [0.05, 0.1) is 11.2 Å². The van der Waals surface area contributed by atoms with Gasteiger partial charge in [0.2, 0.25) is 0 Å². The minimum atomic E-state index is -0.503. The van der Waals surface area contributed by atoms with Crippen LogP contribution >= 0.6 is 11.6 Å². The van der Waals surface area contributed by atoms with E-state index in [0.29, 0.717) is 21.9 Å². The zero-order chi connectivity index (χ0) is 19.5. The second-order valence-corrected chi connectivity index (χ2v) is 6.37. The first-order valence-electron chi connectivity index (χ1n) is 8.38. The summed E-state index contributed by atoms with van der Waals surface area (Å²) in [7, 11) is 0. The number of H-pyrrole nitrogens is 1. The Morgan fingerprint density at radius 1 is 0.893 bits per heavy atom. The van der Waals surface area contributed by atoms with Crippen LogP contribution in [0.4, 0.5) is 0 Å². The van der Waals surface area contributed by atoms with Crippen molar-refractivity contribution in [3.8, 4) is 11.3 Å². The number of hydrogen-bond acceptors (Lipinski definition) is 4. The van der Waals surface area contributed by atoms with Crippen molar-refractivity contribution in [3.05, 3.63) is 83.1 Å². The van der Waals surface area contributed by atoms with Gasteiger partial charge in [0.25, 0.3) is 11.8 Å². The van der Waals surface area contributed by atoms with E-state index in [-0.39, 0.29) is 5.69 Å². The van der Waals surface area contributed by atoms with Crippen LogP contribution in [-0.2, 0) is 0 Å². The molecule has 0 saturated carbocycles. The fourth-order valence-corrected chi connectivity index (χ4v) is 2.84. The molecule has 3 N–H and O–H groups in total. The first-order chi connectivity index (χ1) is 13.6. The molecule has 0 unspecified atom stereocenters. The summed E-state index contributed by atoms with van der Waals surface area (Å²) in [5, 5.41) is 7.93. The van der Waals surface area contributed by atoms with Crippen LogP contribution in [-0.4, -0.2) is 27.0 Å². The SMILES string of the molecule is O=C(NNC(=O)c1cc(-c2ccccc2)n[nH]1)c1ccc2nc(Cl)ccc2c1. The number of hydrazine groups is 1. The third kappa shape index (κ3) is 3.70. The largest absolute Gasteiger partial charge is 0.287 e. The van der Waals surface area contributed by atoms with Crippen molar-refractivity contribution in [2.45, 2.75) is 0 Å². The Morgan fingerprint density at radius 3 is 2.50 bits per heavy atom. The van der Waals surface area contributed by atoms with Gasteiger partial charge in [0.1, 0.15) is 10.8 Å². The predicted octanol–water partition coefficient (Wildman–Crippen LogP) is 3.35. The van der Waals surface area contributed by atoms with Crippen molar-refractivity contribution in [3.63, 3.8) is 0 Å². The molecule has 28 heavy (non-hydrogen) atoms. The lowest BCUT2D eigenvalue weighted by atomic mass is 10.1. The smallest absolute Gasteiger partial charge is 0.272 e. The summed E-state index contributed by atoms with van der Waals surface area (Å²) in [4.78, 5) is 28.7. The fourth-order valence-electron chi connectivity index (χ4n) is 2.69. The number of aromatic nitrogens is 3. The molecule has 7 nitrogen and oxygen atoms in total. The Hall–Kier alpha value is -3.71. The fraction of sp³-hybridized carbons (Fsp3) is 0. The second kappa shape index (κ2) is 7.50. The van der Waals surface area contributed by atoms with Crippen molar-refractivity contribution in [2.75, 3.05) is 0 Å². The normalized spacial score (nSPS) is 10.6. The number of carbonyl (C=O) groups excluding carboxylic acids is 2. The van der Waals surface area contributed by atoms with Crippen LogP contribution in [0.15, 0.2) is 66.7 Å². The van der Waals surface area contributed by atoms with Crippen LogP contribution in [0.5, 0.6) is 0 Å². The number of amides is 2. The van der Waals surface area contributed by atoms with Gasteiger partial charge in [-0.05, 0) is 36.4 Å². The highest BCUT2D eigenvalue weighted by Gasteiger charge is 2.13. The average Bonchev–Trinajstić information content (AvgIpc) is 3.22. The van der Waals surface area contributed by atoms with Crippen molar-refractivity contribution in [2.24, 2.45) is 0 Å². The number of hydrogen-bond donors (Lipinski definition) is 3. The molecule has 4 rings (SSSR count). The Morgan fingerprint density at radius 2 is 1.68 bits per heavy atom. The van der Waals surface area contributed by atoms with Gasteiger partial charge >= 0.3 is 0 Å². The van der Waals surface area contributed by atoms with E-state index in [1.54, 1.807) is 36.4 Å². The highest BCUT2D eigenvalue weighted by atomic mass is 35.5. The lowest BCUT2D eigenvalue weighted by Crippen LogP contribution is -2.41. The van der Waals surface area contributed by atoms with Gasteiger partial charge in [0.15, 0.2) is 0 Å². The molecule has 2 aromatic heterocycles. The molecule has 0 aliphatic carbocycles. The summed E-state index contributed by atoms with van der Waals surface area (Å²) in [5.74, 6) is -0.953. The molecule has 0 radical (unpaired) electrons. The van der Waals surface area contributed by atoms with E-state index in [1.165, 1.54) is 0 Å².